The molecule has 1 amide bonds. The zero-order valence-electron chi connectivity index (χ0n) is 10.7. The summed E-state index contributed by atoms with van der Waals surface area (Å²) >= 11 is 7.22. The number of hydrogen-bond acceptors (Lipinski definition) is 4. The minimum absolute atomic E-state index is 0.284. The van der Waals surface area contributed by atoms with Crippen LogP contribution in [0.3, 0.4) is 0 Å². The Morgan fingerprint density at radius 1 is 1.25 bits per heavy atom. The quantitative estimate of drug-likeness (QED) is 0.873. The number of benzene rings is 1. The molecule has 2 aromatic rings. The average molecular weight is 310 g/mol. The molecular weight excluding hydrogens is 298 g/mol. The highest BCUT2D eigenvalue weighted by Gasteiger charge is 2.17. The van der Waals surface area contributed by atoms with E-state index in [9.17, 15) is 9.59 Å². The van der Waals surface area contributed by atoms with Crippen LogP contribution < -0.4 is 5.32 Å². The van der Waals surface area contributed by atoms with Crippen molar-refractivity contribution in [2.75, 3.05) is 11.9 Å². The second-order valence-electron chi connectivity index (χ2n) is 3.82. The Labute approximate surface area is 125 Å². The molecule has 1 N–H and O–H groups in total. The summed E-state index contributed by atoms with van der Waals surface area (Å²) in [6.07, 6.45) is 0. The van der Waals surface area contributed by atoms with E-state index in [1.54, 1.807) is 42.6 Å². The zero-order valence-corrected chi connectivity index (χ0v) is 12.3. The third-order valence-electron chi connectivity index (χ3n) is 2.51. The fourth-order valence-electron chi connectivity index (χ4n) is 1.59. The van der Waals surface area contributed by atoms with Gasteiger partial charge < -0.3 is 10.1 Å². The van der Waals surface area contributed by atoms with Gasteiger partial charge in [0.05, 0.1) is 22.8 Å². The standard InChI is InChI=1S/C14H12ClNO3S/c1-2-19-14(18)10-7-8-20-13(10)16-12(17)9-5-3-4-6-11(9)15/h3-8H,2H2,1H3,(H,16,17). The number of carbonyl (C=O) groups excluding carboxylic acids is 2. The largest absolute Gasteiger partial charge is 0.462 e. The number of nitrogens with one attached hydrogen (secondary N) is 1. The van der Waals surface area contributed by atoms with Gasteiger partial charge in [-0.25, -0.2) is 4.79 Å². The fraction of sp³-hybridized carbons (Fsp3) is 0.143. The predicted molar refractivity (Wildman–Crippen MR) is 79.7 cm³/mol. The lowest BCUT2D eigenvalue weighted by molar-refractivity contribution is 0.0528. The number of halogens is 1. The van der Waals surface area contributed by atoms with E-state index in [1.165, 1.54) is 11.3 Å². The molecular formula is C14H12ClNO3S. The monoisotopic (exact) mass is 309 g/mol. The summed E-state index contributed by atoms with van der Waals surface area (Å²) in [6.45, 7) is 2.01. The molecule has 1 aromatic heterocycles. The molecule has 20 heavy (non-hydrogen) atoms. The number of thiophene rings is 1. The first kappa shape index (κ1) is 14.6. The van der Waals surface area contributed by atoms with Crippen LogP contribution in [0.25, 0.3) is 0 Å². The smallest absolute Gasteiger partial charge is 0.341 e. The van der Waals surface area contributed by atoms with Crippen LogP contribution in [0.4, 0.5) is 5.00 Å². The van der Waals surface area contributed by atoms with Crippen molar-refractivity contribution < 1.29 is 14.3 Å². The lowest BCUT2D eigenvalue weighted by atomic mass is 10.2. The van der Waals surface area contributed by atoms with E-state index >= 15 is 0 Å². The van der Waals surface area contributed by atoms with Gasteiger partial charge in [-0.05, 0) is 30.5 Å². The molecule has 0 bridgehead atoms. The Morgan fingerprint density at radius 2 is 2.00 bits per heavy atom. The highest BCUT2D eigenvalue weighted by atomic mass is 35.5. The molecule has 1 aromatic carbocycles. The van der Waals surface area contributed by atoms with Gasteiger partial charge in [-0.15, -0.1) is 11.3 Å². The van der Waals surface area contributed by atoms with Crippen LogP contribution in [0, 0.1) is 0 Å². The first-order chi connectivity index (χ1) is 9.63. The molecule has 0 radical (unpaired) electrons. The molecule has 104 valence electrons. The Bertz CT molecular complexity index is 639. The van der Waals surface area contributed by atoms with Crippen molar-refractivity contribution in [2.24, 2.45) is 0 Å². The van der Waals surface area contributed by atoms with E-state index in [0.717, 1.165) is 0 Å². The third-order valence-corrected chi connectivity index (χ3v) is 3.67. The van der Waals surface area contributed by atoms with Gasteiger partial charge in [0.2, 0.25) is 0 Å². The molecule has 0 fully saturated rings. The van der Waals surface area contributed by atoms with Crippen molar-refractivity contribution in [1.29, 1.82) is 0 Å². The molecule has 0 atom stereocenters. The van der Waals surface area contributed by atoms with Gasteiger partial charge in [-0.2, -0.15) is 0 Å². The van der Waals surface area contributed by atoms with Crippen molar-refractivity contribution in [3.05, 3.63) is 51.9 Å². The van der Waals surface area contributed by atoms with Gasteiger partial charge in [0.1, 0.15) is 5.00 Å². The van der Waals surface area contributed by atoms with Crippen LogP contribution in [0.5, 0.6) is 0 Å². The molecule has 6 heteroatoms. The third kappa shape index (κ3) is 3.18. The van der Waals surface area contributed by atoms with E-state index in [2.05, 4.69) is 5.32 Å². The Balaban J connectivity index is 2.19. The normalized spacial score (nSPS) is 10.1. The molecule has 0 aliphatic carbocycles. The van der Waals surface area contributed by atoms with Crippen molar-refractivity contribution in [3.63, 3.8) is 0 Å². The number of carbonyl (C=O) groups is 2. The van der Waals surface area contributed by atoms with Crippen molar-refractivity contribution in [2.45, 2.75) is 6.92 Å². The Hall–Kier alpha value is -1.85. The topological polar surface area (TPSA) is 55.4 Å². The number of anilines is 1. The molecule has 0 spiro atoms. The van der Waals surface area contributed by atoms with E-state index in [0.29, 0.717) is 21.2 Å². The second-order valence-corrected chi connectivity index (χ2v) is 5.14. The fourth-order valence-corrected chi connectivity index (χ4v) is 2.58. The van der Waals surface area contributed by atoms with Gasteiger partial charge in [0.25, 0.3) is 5.91 Å². The predicted octanol–water partition coefficient (Wildman–Crippen LogP) is 3.83. The number of amides is 1. The van der Waals surface area contributed by atoms with Crippen LogP contribution in [-0.2, 0) is 4.74 Å². The average Bonchev–Trinajstić information content (AvgIpc) is 2.87. The van der Waals surface area contributed by atoms with Crippen molar-refractivity contribution in [3.8, 4) is 0 Å². The molecule has 0 aliphatic rings. The van der Waals surface area contributed by atoms with Gasteiger partial charge in [-0.1, -0.05) is 23.7 Å². The van der Waals surface area contributed by atoms with E-state index in [4.69, 9.17) is 16.3 Å². The molecule has 2 rings (SSSR count). The molecule has 0 saturated heterocycles. The Kier molecular flexibility index (Phi) is 4.76. The molecule has 0 aliphatic heterocycles. The Morgan fingerprint density at radius 3 is 2.70 bits per heavy atom. The van der Waals surface area contributed by atoms with Crippen molar-refractivity contribution in [1.82, 2.24) is 0 Å². The summed E-state index contributed by atoms with van der Waals surface area (Å²) in [5, 5.41) is 5.21. The van der Waals surface area contributed by atoms with Crippen LogP contribution in [0.1, 0.15) is 27.6 Å². The summed E-state index contributed by atoms with van der Waals surface area (Å²) < 4.78 is 4.93. The van der Waals surface area contributed by atoms with Crippen LogP contribution in [-0.4, -0.2) is 18.5 Å². The maximum atomic E-state index is 12.1. The molecule has 1 heterocycles. The first-order valence-corrected chi connectivity index (χ1v) is 7.19. The first-order valence-electron chi connectivity index (χ1n) is 5.94. The minimum Gasteiger partial charge on any atom is -0.462 e. The number of rotatable bonds is 4. The number of esters is 1. The maximum absolute atomic E-state index is 12.1. The van der Waals surface area contributed by atoms with Gasteiger partial charge >= 0.3 is 5.97 Å². The van der Waals surface area contributed by atoms with Crippen LogP contribution >= 0.6 is 22.9 Å². The van der Waals surface area contributed by atoms with E-state index in [1.807, 2.05) is 0 Å². The summed E-state index contributed by atoms with van der Waals surface area (Å²) in [4.78, 5) is 23.8. The SMILES string of the molecule is CCOC(=O)c1ccsc1NC(=O)c1ccccc1Cl. The lowest BCUT2D eigenvalue weighted by Crippen LogP contribution is -2.14. The molecule has 0 saturated carbocycles. The highest BCUT2D eigenvalue weighted by molar-refractivity contribution is 7.14. The van der Waals surface area contributed by atoms with Crippen molar-refractivity contribution >= 4 is 39.8 Å². The highest BCUT2D eigenvalue weighted by Crippen LogP contribution is 2.25. The van der Waals surface area contributed by atoms with Crippen LogP contribution in [0.2, 0.25) is 5.02 Å². The minimum atomic E-state index is -0.455. The van der Waals surface area contributed by atoms with Gasteiger partial charge in [-0.3, -0.25) is 4.79 Å². The molecule has 4 nitrogen and oxygen atoms in total. The van der Waals surface area contributed by atoms with Crippen LogP contribution in [0.15, 0.2) is 35.7 Å². The van der Waals surface area contributed by atoms with E-state index in [-0.39, 0.29) is 12.5 Å². The maximum Gasteiger partial charge on any atom is 0.341 e. The van der Waals surface area contributed by atoms with Gasteiger partial charge in [0, 0.05) is 0 Å². The lowest BCUT2D eigenvalue weighted by Gasteiger charge is -2.07. The number of ether oxygens (including phenoxy) is 1. The second kappa shape index (κ2) is 6.54. The summed E-state index contributed by atoms with van der Waals surface area (Å²) in [5.41, 5.74) is 0.703. The molecule has 0 unspecified atom stereocenters. The van der Waals surface area contributed by atoms with E-state index < -0.39 is 5.97 Å². The summed E-state index contributed by atoms with van der Waals surface area (Å²) in [5.74, 6) is -0.813. The summed E-state index contributed by atoms with van der Waals surface area (Å²) in [7, 11) is 0. The zero-order chi connectivity index (χ0) is 14.5. The van der Waals surface area contributed by atoms with Gasteiger partial charge in [0.15, 0.2) is 0 Å². The number of hydrogen-bond donors (Lipinski definition) is 1. The summed E-state index contributed by atoms with van der Waals surface area (Å²) in [6, 6.07) is 8.34.